The summed E-state index contributed by atoms with van der Waals surface area (Å²) < 4.78 is 15.6. The van der Waals surface area contributed by atoms with Gasteiger partial charge < -0.3 is 14.2 Å². The first-order valence-electron chi connectivity index (χ1n) is 4.10. The van der Waals surface area contributed by atoms with Gasteiger partial charge in [0.1, 0.15) is 0 Å². The van der Waals surface area contributed by atoms with Gasteiger partial charge in [-0.15, -0.1) is 11.8 Å². The van der Waals surface area contributed by atoms with Gasteiger partial charge in [-0.1, -0.05) is 0 Å². The molecule has 0 fully saturated rings. The van der Waals surface area contributed by atoms with Gasteiger partial charge in [-0.25, -0.2) is 0 Å². The van der Waals surface area contributed by atoms with Gasteiger partial charge in [-0.2, -0.15) is 0 Å². The highest BCUT2D eigenvalue weighted by Gasteiger charge is 2.12. The second-order valence-corrected chi connectivity index (χ2v) is 3.44. The Morgan fingerprint density at radius 1 is 0.929 bits per heavy atom. The minimum absolute atomic E-state index is 0.632. The van der Waals surface area contributed by atoms with Crippen LogP contribution in [0, 0.1) is 0 Å². The van der Waals surface area contributed by atoms with Crippen molar-refractivity contribution in [2.45, 2.75) is 4.90 Å². The van der Waals surface area contributed by atoms with Crippen LogP contribution in [0.3, 0.4) is 0 Å². The molecular weight excluding hydrogens is 200 g/mol. The fourth-order valence-corrected chi connectivity index (χ4v) is 1.62. The fourth-order valence-electron chi connectivity index (χ4n) is 1.17. The van der Waals surface area contributed by atoms with Crippen LogP contribution in [-0.4, -0.2) is 27.6 Å². The first kappa shape index (κ1) is 11.0. The normalized spacial score (nSPS) is 9.71. The van der Waals surface area contributed by atoms with E-state index < -0.39 is 0 Å². The molecule has 0 N–H and O–H groups in total. The summed E-state index contributed by atoms with van der Waals surface area (Å²) in [6.07, 6.45) is 2.00. The number of benzene rings is 1. The molecule has 14 heavy (non-hydrogen) atoms. The van der Waals surface area contributed by atoms with Crippen molar-refractivity contribution in [1.29, 1.82) is 0 Å². The first-order valence-corrected chi connectivity index (χ1v) is 5.33. The molecule has 0 amide bonds. The average molecular weight is 214 g/mol. The lowest BCUT2D eigenvalue weighted by Gasteiger charge is -2.12. The van der Waals surface area contributed by atoms with Crippen molar-refractivity contribution in [2.75, 3.05) is 27.6 Å². The van der Waals surface area contributed by atoms with E-state index in [4.69, 9.17) is 14.2 Å². The lowest BCUT2D eigenvalue weighted by atomic mass is 10.3. The lowest BCUT2D eigenvalue weighted by molar-refractivity contribution is 0.323. The third-order valence-corrected chi connectivity index (χ3v) is 2.58. The molecule has 0 aromatic heterocycles. The Hall–Kier alpha value is -1.03. The molecule has 3 nitrogen and oxygen atoms in total. The molecule has 0 unspecified atom stereocenters. The van der Waals surface area contributed by atoms with E-state index in [1.54, 1.807) is 33.1 Å². The van der Waals surface area contributed by atoms with E-state index >= 15 is 0 Å². The van der Waals surface area contributed by atoms with Crippen molar-refractivity contribution < 1.29 is 14.2 Å². The third kappa shape index (κ3) is 2.07. The SMILES string of the molecule is COc1cc(SC)cc(OC)c1OC. The van der Waals surface area contributed by atoms with E-state index in [1.807, 2.05) is 18.4 Å². The second kappa shape index (κ2) is 5.00. The van der Waals surface area contributed by atoms with Crippen LogP contribution in [0.25, 0.3) is 0 Å². The Kier molecular flexibility index (Phi) is 3.95. The van der Waals surface area contributed by atoms with Crippen LogP contribution in [0.2, 0.25) is 0 Å². The summed E-state index contributed by atoms with van der Waals surface area (Å²) in [5.74, 6) is 2.01. The molecule has 0 spiro atoms. The maximum atomic E-state index is 5.20. The number of methoxy groups -OCH3 is 3. The Bertz CT molecular complexity index is 287. The van der Waals surface area contributed by atoms with Gasteiger partial charge in [0, 0.05) is 4.90 Å². The molecular formula is C10H14O3S. The molecule has 0 saturated heterocycles. The molecule has 78 valence electrons. The van der Waals surface area contributed by atoms with Crippen molar-refractivity contribution in [2.24, 2.45) is 0 Å². The van der Waals surface area contributed by atoms with Gasteiger partial charge in [0.05, 0.1) is 21.3 Å². The molecule has 0 bridgehead atoms. The Morgan fingerprint density at radius 2 is 1.43 bits per heavy atom. The van der Waals surface area contributed by atoms with Crippen molar-refractivity contribution in [3.05, 3.63) is 12.1 Å². The zero-order valence-electron chi connectivity index (χ0n) is 8.79. The highest BCUT2D eigenvalue weighted by atomic mass is 32.2. The van der Waals surface area contributed by atoms with Crippen molar-refractivity contribution in [3.8, 4) is 17.2 Å². The summed E-state index contributed by atoms with van der Waals surface area (Å²) in [5, 5.41) is 0. The van der Waals surface area contributed by atoms with Gasteiger partial charge in [-0.05, 0) is 18.4 Å². The Morgan fingerprint density at radius 3 is 1.71 bits per heavy atom. The van der Waals surface area contributed by atoms with Gasteiger partial charge in [-0.3, -0.25) is 0 Å². The van der Waals surface area contributed by atoms with E-state index in [1.165, 1.54) is 0 Å². The molecule has 0 radical (unpaired) electrons. The van der Waals surface area contributed by atoms with E-state index in [0.717, 1.165) is 4.90 Å². The van der Waals surface area contributed by atoms with Crippen molar-refractivity contribution in [3.63, 3.8) is 0 Å². The van der Waals surface area contributed by atoms with Crippen LogP contribution < -0.4 is 14.2 Å². The van der Waals surface area contributed by atoms with Crippen molar-refractivity contribution >= 4 is 11.8 Å². The lowest BCUT2D eigenvalue weighted by Crippen LogP contribution is -1.95. The number of rotatable bonds is 4. The van der Waals surface area contributed by atoms with E-state index in [2.05, 4.69) is 0 Å². The van der Waals surface area contributed by atoms with Crippen LogP contribution in [0.1, 0.15) is 0 Å². The molecule has 1 rings (SSSR count). The topological polar surface area (TPSA) is 27.7 Å². The maximum Gasteiger partial charge on any atom is 0.203 e. The number of thioether (sulfide) groups is 1. The molecule has 4 heteroatoms. The predicted molar refractivity (Wildman–Crippen MR) is 57.9 cm³/mol. The van der Waals surface area contributed by atoms with Crippen LogP contribution in [0.15, 0.2) is 17.0 Å². The summed E-state index contributed by atoms with van der Waals surface area (Å²) in [4.78, 5) is 1.08. The molecule has 0 aliphatic heterocycles. The maximum absolute atomic E-state index is 5.20. The van der Waals surface area contributed by atoms with Gasteiger partial charge in [0.25, 0.3) is 0 Å². The highest BCUT2D eigenvalue weighted by molar-refractivity contribution is 7.98. The molecule has 0 aliphatic rings. The average Bonchev–Trinajstić information content (AvgIpc) is 2.26. The smallest absolute Gasteiger partial charge is 0.203 e. The Balaban J connectivity index is 3.24. The molecule has 1 aromatic rings. The van der Waals surface area contributed by atoms with Crippen molar-refractivity contribution in [1.82, 2.24) is 0 Å². The summed E-state index contributed by atoms with van der Waals surface area (Å²) in [6, 6.07) is 3.85. The largest absolute Gasteiger partial charge is 0.493 e. The number of ether oxygens (including phenoxy) is 3. The highest BCUT2D eigenvalue weighted by Crippen LogP contribution is 2.40. The van der Waals surface area contributed by atoms with E-state index in [9.17, 15) is 0 Å². The molecule has 1 aromatic carbocycles. The number of hydrogen-bond acceptors (Lipinski definition) is 4. The molecule has 0 heterocycles. The van der Waals surface area contributed by atoms with Crippen LogP contribution in [0.5, 0.6) is 17.2 Å². The van der Waals surface area contributed by atoms with Gasteiger partial charge in [0.15, 0.2) is 11.5 Å². The quantitative estimate of drug-likeness (QED) is 0.719. The molecule has 0 atom stereocenters. The van der Waals surface area contributed by atoms with Crippen LogP contribution in [-0.2, 0) is 0 Å². The molecule has 0 aliphatic carbocycles. The number of hydrogen-bond donors (Lipinski definition) is 0. The third-order valence-electron chi connectivity index (χ3n) is 1.87. The summed E-state index contributed by atoms with van der Waals surface area (Å²) in [7, 11) is 4.82. The summed E-state index contributed by atoms with van der Waals surface area (Å²) in [5.41, 5.74) is 0. The zero-order valence-corrected chi connectivity index (χ0v) is 9.60. The summed E-state index contributed by atoms with van der Waals surface area (Å²) >= 11 is 1.63. The minimum Gasteiger partial charge on any atom is -0.493 e. The fraction of sp³-hybridized carbons (Fsp3) is 0.400. The zero-order chi connectivity index (χ0) is 10.6. The van der Waals surface area contributed by atoms with E-state index in [-0.39, 0.29) is 0 Å². The van der Waals surface area contributed by atoms with Crippen LogP contribution in [0.4, 0.5) is 0 Å². The standard InChI is InChI=1S/C10H14O3S/c1-11-8-5-7(14-4)6-9(12-2)10(8)13-3/h5-6H,1-4H3. The van der Waals surface area contributed by atoms with E-state index in [0.29, 0.717) is 17.2 Å². The van der Waals surface area contributed by atoms with Gasteiger partial charge >= 0.3 is 0 Å². The Labute approximate surface area is 88.4 Å². The summed E-state index contributed by atoms with van der Waals surface area (Å²) in [6.45, 7) is 0. The minimum atomic E-state index is 0.632. The van der Waals surface area contributed by atoms with Crippen LogP contribution >= 0.6 is 11.8 Å². The van der Waals surface area contributed by atoms with Gasteiger partial charge in [0.2, 0.25) is 5.75 Å². The predicted octanol–water partition coefficient (Wildman–Crippen LogP) is 2.43. The monoisotopic (exact) mass is 214 g/mol. The second-order valence-electron chi connectivity index (χ2n) is 2.57. The molecule has 0 saturated carbocycles. The first-order chi connectivity index (χ1) is 6.76.